The summed E-state index contributed by atoms with van der Waals surface area (Å²) in [5.41, 5.74) is 1.80. The molecule has 8 heteroatoms. The van der Waals surface area contributed by atoms with Crippen molar-refractivity contribution in [3.63, 3.8) is 0 Å². The minimum Gasteiger partial charge on any atom is -0.483 e. The molecule has 2 aromatic carbocycles. The zero-order valence-electron chi connectivity index (χ0n) is 16.6. The highest BCUT2D eigenvalue weighted by Gasteiger charge is 2.18. The average Bonchev–Trinajstić information content (AvgIpc) is 3.09. The van der Waals surface area contributed by atoms with Gasteiger partial charge in [0.15, 0.2) is 17.1 Å². The summed E-state index contributed by atoms with van der Waals surface area (Å²) >= 11 is 1.27. The summed E-state index contributed by atoms with van der Waals surface area (Å²) in [6, 6.07) is 13.6. The van der Waals surface area contributed by atoms with Gasteiger partial charge in [-0.2, -0.15) is 0 Å². The van der Waals surface area contributed by atoms with E-state index >= 15 is 0 Å². The van der Waals surface area contributed by atoms with Crippen LogP contribution in [0.3, 0.4) is 0 Å². The van der Waals surface area contributed by atoms with Crippen molar-refractivity contribution in [1.29, 1.82) is 0 Å². The van der Waals surface area contributed by atoms with Crippen molar-refractivity contribution in [3.05, 3.63) is 65.7 Å². The molecule has 152 valence electrons. The number of ether oxygens (including phenoxy) is 1. The minimum atomic E-state index is -0.346. The van der Waals surface area contributed by atoms with E-state index < -0.39 is 0 Å². The van der Waals surface area contributed by atoms with Crippen LogP contribution in [0, 0.1) is 5.82 Å². The predicted molar refractivity (Wildman–Crippen MR) is 112 cm³/mol. The topological polar surface area (TPSA) is 69.0 Å². The molecular weight excluding hydrogens is 391 g/mol. The summed E-state index contributed by atoms with van der Waals surface area (Å²) < 4.78 is 20.7. The molecule has 0 fully saturated rings. The Hall–Kier alpha value is -2.87. The van der Waals surface area contributed by atoms with Crippen molar-refractivity contribution >= 4 is 23.4 Å². The number of hydrogen-bond acceptors (Lipinski definition) is 5. The summed E-state index contributed by atoms with van der Waals surface area (Å²) in [6.45, 7) is 4.02. The number of halogens is 1. The number of carbonyl (C=O) groups is 1. The van der Waals surface area contributed by atoms with E-state index in [-0.39, 0.29) is 23.6 Å². The van der Waals surface area contributed by atoms with Crippen LogP contribution in [0.4, 0.5) is 10.1 Å². The first kappa shape index (κ1) is 20.9. The molecule has 0 bridgehead atoms. The maximum Gasteiger partial charge on any atom is 0.234 e. The third-order valence-electron chi connectivity index (χ3n) is 4.34. The summed E-state index contributed by atoms with van der Waals surface area (Å²) in [5, 5.41) is 11.7. The van der Waals surface area contributed by atoms with Gasteiger partial charge in [-0.1, -0.05) is 30.8 Å². The lowest BCUT2D eigenvalue weighted by Crippen LogP contribution is -2.14. The van der Waals surface area contributed by atoms with E-state index in [2.05, 4.69) is 22.4 Å². The molecule has 0 spiro atoms. The van der Waals surface area contributed by atoms with Gasteiger partial charge in [-0.15, -0.1) is 10.2 Å². The third-order valence-corrected chi connectivity index (χ3v) is 5.36. The predicted octanol–water partition coefficient (Wildman–Crippen LogP) is 4.39. The molecule has 1 aromatic heterocycles. The first-order valence-electron chi connectivity index (χ1n) is 9.29. The van der Waals surface area contributed by atoms with E-state index in [0.29, 0.717) is 16.7 Å². The fraction of sp³-hybridized carbons (Fsp3) is 0.286. The number of thioether (sulfide) groups is 1. The van der Waals surface area contributed by atoms with Crippen LogP contribution in [-0.2, 0) is 18.3 Å². The summed E-state index contributed by atoms with van der Waals surface area (Å²) in [4.78, 5) is 12.1. The summed E-state index contributed by atoms with van der Waals surface area (Å²) in [7, 11) is 1.84. The molecule has 1 heterocycles. The van der Waals surface area contributed by atoms with Gasteiger partial charge >= 0.3 is 0 Å². The van der Waals surface area contributed by atoms with Crippen molar-refractivity contribution in [2.45, 2.75) is 31.5 Å². The molecular formula is C21H23FN4O2S. The normalized spacial score (nSPS) is 11.9. The summed E-state index contributed by atoms with van der Waals surface area (Å²) in [6.07, 6.45) is 0.691. The van der Waals surface area contributed by atoms with Gasteiger partial charge in [0.1, 0.15) is 11.6 Å². The number of carbonyl (C=O) groups excluding carboxylic acids is 1. The maximum atomic E-state index is 12.9. The van der Waals surface area contributed by atoms with Gasteiger partial charge < -0.3 is 14.6 Å². The molecule has 6 nitrogen and oxygen atoms in total. The fourth-order valence-electron chi connectivity index (χ4n) is 2.73. The molecule has 0 aliphatic heterocycles. The number of nitrogens with one attached hydrogen (secondary N) is 1. The van der Waals surface area contributed by atoms with Gasteiger partial charge in [-0.25, -0.2) is 4.39 Å². The van der Waals surface area contributed by atoms with Crippen molar-refractivity contribution in [1.82, 2.24) is 14.8 Å². The molecule has 0 saturated heterocycles. The molecule has 0 saturated carbocycles. The molecule has 0 aliphatic rings. The van der Waals surface area contributed by atoms with E-state index in [1.807, 2.05) is 42.8 Å². The fourth-order valence-corrected chi connectivity index (χ4v) is 3.44. The lowest BCUT2D eigenvalue weighted by atomic mass is 10.2. The Morgan fingerprint density at radius 3 is 2.52 bits per heavy atom. The van der Waals surface area contributed by atoms with E-state index in [0.717, 1.165) is 12.2 Å². The van der Waals surface area contributed by atoms with E-state index in [1.54, 1.807) is 0 Å². The lowest BCUT2D eigenvalue weighted by Gasteiger charge is -2.14. The zero-order valence-corrected chi connectivity index (χ0v) is 17.4. The van der Waals surface area contributed by atoms with Crippen molar-refractivity contribution in [2.24, 2.45) is 7.05 Å². The van der Waals surface area contributed by atoms with Crippen molar-refractivity contribution < 1.29 is 13.9 Å². The number of benzene rings is 2. The second-order valence-corrected chi connectivity index (χ2v) is 7.44. The summed E-state index contributed by atoms with van der Waals surface area (Å²) in [5.74, 6) is 1.06. The Morgan fingerprint density at radius 2 is 1.86 bits per heavy atom. The molecule has 3 rings (SSSR count). The molecule has 3 aromatic rings. The Balaban J connectivity index is 1.56. The largest absolute Gasteiger partial charge is 0.483 e. The van der Waals surface area contributed by atoms with Crippen LogP contribution < -0.4 is 10.1 Å². The molecule has 1 N–H and O–H groups in total. The van der Waals surface area contributed by atoms with Crippen LogP contribution in [0.25, 0.3) is 0 Å². The van der Waals surface area contributed by atoms with Gasteiger partial charge in [0.2, 0.25) is 5.91 Å². The number of nitrogens with zero attached hydrogens (tertiary/aromatic N) is 3. The van der Waals surface area contributed by atoms with Crippen LogP contribution in [0.1, 0.15) is 31.3 Å². The highest BCUT2D eigenvalue weighted by molar-refractivity contribution is 7.99. The highest BCUT2D eigenvalue weighted by atomic mass is 32.2. The standard InChI is InChI=1S/C21H23FN4O2S/c1-4-15-5-11-18(12-6-15)28-14(2)20-24-25-21(26(20)3)29-13-19(27)23-17-9-7-16(22)8-10-17/h5-12,14H,4,13H2,1-3H3,(H,23,27)/t14-/m1/s1. The van der Waals surface area contributed by atoms with Gasteiger partial charge in [0, 0.05) is 12.7 Å². The van der Waals surface area contributed by atoms with Crippen molar-refractivity contribution in [3.8, 4) is 5.75 Å². The maximum absolute atomic E-state index is 12.9. The number of rotatable bonds is 8. The monoisotopic (exact) mass is 414 g/mol. The second kappa shape index (κ2) is 9.56. The second-order valence-electron chi connectivity index (χ2n) is 6.50. The number of hydrogen-bond donors (Lipinski definition) is 1. The van der Waals surface area contributed by atoms with Crippen LogP contribution in [-0.4, -0.2) is 26.4 Å². The average molecular weight is 415 g/mol. The first-order chi connectivity index (χ1) is 14.0. The number of aromatic nitrogens is 3. The van der Waals surface area contributed by atoms with Crippen molar-refractivity contribution in [2.75, 3.05) is 11.1 Å². The highest BCUT2D eigenvalue weighted by Crippen LogP contribution is 2.24. The van der Waals surface area contributed by atoms with Crippen LogP contribution >= 0.6 is 11.8 Å². The molecule has 1 amide bonds. The van der Waals surface area contributed by atoms with Crippen LogP contribution in [0.5, 0.6) is 5.75 Å². The van der Waals surface area contributed by atoms with Gasteiger partial charge in [0.25, 0.3) is 0 Å². The van der Waals surface area contributed by atoms with Gasteiger partial charge in [0.05, 0.1) is 5.75 Å². The van der Waals surface area contributed by atoms with Crippen LogP contribution in [0.2, 0.25) is 0 Å². The van der Waals surface area contributed by atoms with E-state index in [9.17, 15) is 9.18 Å². The Morgan fingerprint density at radius 1 is 1.17 bits per heavy atom. The van der Waals surface area contributed by atoms with Crippen LogP contribution in [0.15, 0.2) is 53.7 Å². The van der Waals surface area contributed by atoms with Gasteiger partial charge in [-0.3, -0.25) is 4.79 Å². The zero-order chi connectivity index (χ0) is 20.8. The Kier molecular flexibility index (Phi) is 6.87. The number of amides is 1. The number of aryl methyl sites for hydroxylation is 1. The first-order valence-corrected chi connectivity index (χ1v) is 10.3. The van der Waals surface area contributed by atoms with E-state index in [1.165, 1.54) is 41.6 Å². The number of anilines is 1. The molecule has 0 unspecified atom stereocenters. The van der Waals surface area contributed by atoms with Gasteiger partial charge in [-0.05, 0) is 55.3 Å². The molecule has 29 heavy (non-hydrogen) atoms. The van der Waals surface area contributed by atoms with E-state index in [4.69, 9.17) is 4.74 Å². The lowest BCUT2D eigenvalue weighted by molar-refractivity contribution is -0.113. The Bertz CT molecular complexity index is 958. The molecule has 1 atom stereocenters. The quantitative estimate of drug-likeness (QED) is 0.554. The minimum absolute atomic E-state index is 0.164. The third kappa shape index (κ3) is 5.57. The molecule has 0 radical (unpaired) electrons. The Labute approximate surface area is 173 Å². The molecule has 0 aliphatic carbocycles. The SMILES string of the molecule is CCc1ccc(O[C@H](C)c2nnc(SCC(=O)Nc3ccc(F)cc3)n2C)cc1. The smallest absolute Gasteiger partial charge is 0.234 e.